The Labute approximate surface area is 127 Å². The highest BCUT2D eigenvalue weighted by atomic mass is 35.5. The summed E-state index contributed by atoms with van der Waals surface area (Å²) in [6.45, 7) is 6.80. The van der Waals surface area contributed by atoms with Gasteiger partial charge in [-0.1, -0.05) is 12.1 Å². The Kier molecular flexibility index (Phi) is 6.19. The minimum Gasteiger partial charge on any atom is -0.314 e. The summed E-state index contributed by atoms with van der Waals surface area (Å²) in [4.78, 5) is 2.06. The van der Waals surface area contributed by atoms with E-state index in [2.05, 4.69) is 16.8 Å². The minimum atomic E-state index is -4.67. The lowest BCUT2D eigenvalue weighted by Gasteiger charge is -2.33. The van der Waals surface area contributed by atoms with Crippen molar-refractivity contribution in [3.8, 4) is 0 Å². The smallest absolute Gasteiger partial charge is 0.314 e. The molecule has 0 amide bonds. The monoisotopic (exact) mass is 324 g/mol. The fourth-order valence-electron chi connectivity index (χ4n) is 2.40. The van der Waals surface area contributed by atoms with Crippen LogP contribution in [0.1, 0.15) is 17.2 Å². The Balaban J connectivity index is 0.00000220. The number of hydrogen-bond donors (Lipinski definition) is 1. The van der Waals surface area contributed by atoms with Gasteiger partial charge in [-0.2, -0.15) is 13.2 Å². The largest absolute Gasteiger partial charge is 0.419 e. The van der Waals surface area contributed by atoms with Gasteiger partial charge >= 0.3 is 6.18 Å². The van der Waals surface area contributed by atoms with Crippen molar-refractivity contribution in [3.63, 3.8) is 0 Å². The van der Waals surface area contributed by atoms with Crippen LogP contribution in [0.5, 0.6) is 0 Å². The Bertz CT molecular complexity index is 484. The summed E-state index contributed by atoms with van der Waals surface area (Å²) in [5.74, 6) is -1.24. The van der Waals surface area contributed by atoms with E-state index >= 15 is 0 Å². The molecule has 1 atom stereocenters. The average molecular weight is 325 g/mol. The molecular weight excluding hydrogens is 308 g/mol. The lowest BCUT2D eigenvalue weighted by atomic mass is 10.0. The van der Waals surface area contributed by atoms with Crippen LogP contribution in [0.3, 0.4) is 0 Å². The van der Waals surface area contributed by atoms with Crippen LogP contribution in [0.2, 0.25) is 0 Å². The first-order chi connectivity index (χ1) is 9.43. The first-order valence-corrected chi connectivity index (χ1v) is 6.37. The van der Waals surface area contributed by atoms with E-state index in [4.69, 9.17) is 0 Å². The van der Waals surface area contributed by atoms with Gasteiger partial charge in [0, 0.05) is 26.2 Å². The summed E-state index contributed by atoms with van der Waals surface area (Å²) in [5.41, 5.74) is -0.739. The quantitative estimate of drug-likeness (QED) is 0.677. The first kappa shape index (κ1) is 17.9. The predicted molar refractivity (Wildman–Crippen MR) is 76.0 cm³/mol. The maximum atomic E-state index is 13.6. The van der Waals surface area contributed by atoms with E-state index in [1.807, 2.05) is 0 Å². The van der Waals surface area contributed by atoms with E-state index < -0.39 is 17.6 Å². The van der Waals surface area contributed by atoms with Gasteiger partial charge in [-0.3, -0.25) is 4.90 Å². The van der Waals surface area contributed by atoms with E-state index in [0.29, 0.717) is 5.56 Å². The number of halogens is 5. The second-order valence-corrected chi connectivity index (χ2v) is 4.70. The highest BCUT2D eigenvalue weighted by molar-refractivity contribution is 5.85. The van der Waals surface area contributed by atoms with Crippen molar-refractivity contribution >= 4 is 12.4 Å². The molecule has 2 nitrogen and oxygen atoms in total. The molecule has 0 spiro atoms. The Morgan fingerprint density at radius 2 is 1.86 bits per heavy atom. The molecule has 118 valence electrons. The molecule has 1 aliphatic rings. The number of nitrogens with zero attached hydrogens (tertiary/aromatic N) is 1. The molecule has 1 aliphatic heterocycles. The Morgan fingerprint density at radius 1 is 1.24 bits per heavy atom. The zero-order valence-electron chi connectivity index (χ0n) is 11.3. The molecule has 1 fully saturated rings. The van der Waals surface area contributed by atoms with Crippen molar-refractivity contribution in [1.82, 2.24) is 10.2 Å². The lowest BCUT2D eigenvalue weighted by molar-refractivity contribution is -0.140. The van der Waals surface area contributed by atoms with Crippen molar-refractivity contribution in [2.75, 3.05) is 26.2 Å². The van der Waals surface area contributed by atoms with Crippen molar-refractivity contribution < 1.29 is 17.6 Å². The summed E-state index contributed by atoms with van der Waals surface area (Å²) in [6, 6.07) is 2.80. The number of benzene rings is 1. The summed E-state index contributed by atoms with van der Waals surface area (Å²) < 4.78 is 51.2. The summed E-state index contributed by atoms with van der Waals surface area (Å²) in [7, 11) is 0. The molecule has 1 saturated heterocycles. The normalized spacial score (nSPS) is 17.9. The molecule has 1 aromatic carbocycles. The molecule has 0 bridgehead atoms. The standard InChI is InChI=1S/C14H16F4N2.ClH/c1-2-13(20-7-5-19-6-8-20)10-3-4-11(12(15)9-10)14(16,17)18;/h2-4,9,13,19H,1,5-8H2;1H/t13-;/m1./s1. The Hall–Kier alpha value is -1.11. The van der Waals surface area contributed by atoms with Crippen LogP contribution in [-0.2, 0) is 6.18 Å². The zero-order chi connectivity index (χ0) is 14.8. The first-order valence-electron chi connectivity index (χ1n) is 6.37. The van der Waals surface area contributed by atoms with E-state index in [1.54, 1.807) is 6.08 Å². The SMILES string of the molecule is C=C[C@H](c1ccc(C(F)(F)F)c(F)c1)N1CCNCC1.Cl. The Morgan fingerprint density at radius 3 is 2.33 bits per heavy atom. The average Bonchev–Trinajstić information content (AvgIpc) is 2.39. The van der Waals surface area contributed by atoms with E-state index in [0.717, 1.165) is 38.3 Å². The number of hydrogen-bond acceptors (Lipinski definition) is 2. The molecule has 21 heavy (non-hydrogen) atoms. The van der Waals surface area contributed by atoms with Crippen molar-refractivity contribution in [2.45, 2.75) is 12.2 Å². The van der Waals surface area contributed by atoms with Crippen molar-refractivity contribution in [2.24, 2.45) is 0 Å². The predicted octanol–water partition coefficient (Wildman–Crippen LogP) is 3.40. The third-order valence-electron chi connectivity index (χ3n) is 3.41. The molecule has 1 heterocycles. The maximum Gasteiger partial charge on any atom is 0.419 e. The van der Waals surface area contributed by atoms with E-state index in [1.165, 1.54) is 6.07 Å². The van der Waals surface area contributed by atoms with Crippen LogP contribution >= 0.6 is 12.4 Å². The molecule has 0 aromatic heterocycles. The zero-order valence-corrected chi connectivity index (χ0v) is 12.1. The molecule has 1 N–H and O–H groups in total. The molecule has 0 unspecified atom stereocenters. The number of nitrogens with one attached hydrogen (secondary N) is 1. The van der Waals surface area contributed by atoms with Crippen LogP contribution in [0.4, 0.5) is 17.6 Å². The van der Waals surface area contributed by atoms with Gasteiger partial charge in [0.1, 0.15) is 5.82 Å². The van der Waals surface area contributed by atoms with Crippen LogP contribution in [0.25, 0.3) is 0 Å². The van der Waals surface area contributed by atoms with Gasteiger partial charge < -0.3 is 5.32 Å². The number of rotatable bonds is 3. The van der Waals surface area contributed by atoms with E-state index in [-0.39, 0.29) is 18.4 Å². The van der Waals surface area contributed by atoms with Crippen molar-refractivity contribution in [1.29, 1.82) is 0 Å². The van der Waals surface area contributed by atoms with Crippen LogP contribution < -0.4 is 5.32 Å². The van der Waals surface area contributed by atoms with Crippen LogP contribution in [-0.4, -0.2) is 31.1 Å². The molecular formula is C14H17ClF4N2. The number of alkyl halides is 3. The van der Waals surface area contributed by atoms with Gasteiger partial charge in [0.05, 0.1) is 11.6 Å². The lowest BCUT2D eigenvalue weighted by Crippen LogP contribution is -2.44. The third kappa shape index (κ3) is 4.18. The molecule has 0 saturated carbocycles. The summed E-state index contributed by atoms with van der Waals surface area (Å²) in [5, 5.41) is 3.19. The van der Waals surface area contributed by atoms with Gasteiger partial charge in [0.25, 0.3) is 0 Å². The fraction of sp³-hybridized carbons (Fsp3) is 0.429. The van der Waals surface area contributed by atoms with Gasteiger partial charge in [-0.25, -0.2) is 4.39 Å². The highest BCUT2D eigenvalue weighted by Gasteiger charge is 2.34. The van der Waals surface area contributed by atoms with Gasteiger partial charge in [-0.15, -0.1) is 19.0 Å². The van der Waals surface area contributed by atoms with Crippen molar-refractivity contribution in [3.05, 3.63) is 47.8 Å². The van der Waals surface area contributed by atoms with Gasteiger partial charge in [0.2, 0.25) is 0 Å². The topological polar surface area (TPSA) is 15.3 Å². The minimum absolute atomic E-state index is 0. The van der Waals surface area contributed by atoms with E-state index in [9.17, 15) is 17.6 Å². The summed E-state index contributed by atoms with van der Waals surface area (Å²) in [6.07, 6.45) is -3.03. The maximum absolute atomic E-state index is 13.6. The second-order valence-electron chi connectivity index (χ2n) is 4.70. The van der Waals surface area contributed by atoms with Gasteiger partial charge in [-0.05, 0) is 17.7 Å². The highest BCUT2D eigenvalue weighted by Crippen LogP contribution is 2.33. The number of piperazine rings is 1. The van der Waals surface area contributed by atoms with Gasteiger partial charge in [0.15, 0.2) is 0 Å². The van der Waals surface area contributed by atoms with Crippen LogP contribution in [0, 0.1) is 5.82 Å². The molecule has 0 aliphatic carbocycles. The third-order valence-corrected chi connectivity index (χ3v) is 3.41. The summed E-state index contributed by atoms with van der Waals surface area (Å²) >= 11 is 0. The molecule has 1 aromatic rings. The fourth-order valence-corrected chi connectivity index (χ4v) is 2.40. The van der Waals surface area contributed by atoms with Crippen LogP contribution in [0.15, 0.2) is 30.9 Å². The molecule has 7 heteroatoms. The molecule has 2 rings (SSSR count). The molecule has 0 radical (unpaired) electrons. The second kappa shape index (κ2) is 7.24.